The quantitative estimate of drug-likeness (QED) is 0.894. The van der Waals surface area contributed by atoms with E-state index < -0.39 is 0 Å². The minimum atomic E-state index is -0.0913. The van der Waals surface area contributed by atoms with E-state index in [1.165, 1.54) is 0 Å². The Morgan fingerprint density at radius 1 is 1.17 bits per heavy atom. The number of anilines is 2. The van der Waals surface area contributed by atoms with Crippen LogP contribution in [0.1, 0.15) is 27.2 Å². The molecule has 0 aromatic heterocycles. The molecule has 2 fully saturated rings. The second-order valence-electron chi connectivity index (χ2n) is 7.24. The third-order valence-corrected chi connectivity index (χ3v) is 5.03. The second kappa shape index (κ2) is 6.43. The molecule has 6 nitrogen and oxygen atoms in total. The van der Waals surface area contributed by atoms with E-state index in [1.807, 2.05) is 11.8 Å². The van der Waals surface area contributed by atoms with Crippen molar-refractivity contribution in [2.45, 2.75) is 33.2 Å². The van der Waals surface area contributed by atoms with E-state index in [-0.39, 0.29) is 23.4 Å². The van der Waals surface area contributed by atoms with E-state index in [9.17, 15) is 9.59 Å². The molecule has 6 heteroatoms. The lowest BCUT2D eigenvalue weighted by Crippen LogP contribution is -2.41. The van der Waals surface area contributed by atoms with Crippen LogP contribution in [0.3, 0.4) is 0 Å². The van der Waals surface area contributed by atoms with E-state index in [1.54, 1.807) is 24.3 Å². The normalized spacial score (nSPS) is 24.5. The number of ether oxygens (including phenoxy) is 1. The fourth-order valence-electron chi connectivity index (χ4n) is 3.57. The molecule has 2 aliphatic rings. The summed E-state index contributed by atoms with van der Waals surface area (Å²) >= 11 is 0. The summed E-state index contributed by atoms with van der Waals surface area (Å²) in [7, 11) is 0. The van der Waals surface area contributed by atoms with Crippen LogP contribution in [0, 0.1) is 11.3 Å². The summed E-state index contributed by atoms with van der Waals surface area (Å²) < 4.78 is 5.58. The lowest BCUT2D eigenvalue weighted by Gasteiger charge is -2.24. The summed E-state index contributed by atoms with van der Waals surface area (Å²) in [6.45, 7) is 8.27. The first-order chi connectivity index (χ1) is 11.4. The van der Waals surface area contributed by atoms with Crippen molar-refractivity contribution in [3.05, 3.63) is 24.3 Å². The maximum absolute atomic E-state index is 12.6. The standard InChI is InChI=1S/C18H25N3O3/c1-4-16(22)19-12-5-7-13(8-6-12)20-17(23)21-11-18(2,3)14-9-24-10-15(14)21/h5-8,14-15H,4,9-11H2,1-3H3,(H,19,22)(H,20,23)/t14-,15+/m1/s1. The van der Waals surface area contributed by atoms with Gasteiger partial charge in [-0.1, -0.05) is 20.8 Å². The van der Waals surface area contributed by atoms with Gasteiger partial charge < -0.3 is 20.3 Å². The molecule has 130 valence electrons. The Labute approximate surface area is 142 Å². The highest BCUT2D eigenvalue weighted by atomic mass is 16.5. The molecule has 3 rings (SSSR count). The average Bonchev–Trinajstić information content (AvgIpc) is 3.12. The molecule has 3 amide bonds. The van der Waals surface area contributed by atoms with Crippen molar-refractivity contribution in [1.29, 1.82) is 0 Å². The van der Waals surface area contributed by atoms with Crippen molar-refractivity contribution >= 4 is 23.3 Å². The van der Waals surface area contributed by atoms with Crippen LogP contribution in [0.25, 0.3) is 0 Å². The van der Waals surface area contributed by atoms with Gasteiger partial charge in [0.1, 0.15) is 0 Å². The van der Waals surface area contributed by atoms with E-state index in [0.717, 1.165) is 24.5 Å². The first-order valence-electron chi connectivity index (χ1n) is 8.46. The van der Waals surface area contributed by atoms with Crippen molar-refractivity contribution in [2.75, 3.05) is 30.4 Å². The third-order valence-electron chi connectivity index (χ3n) is 5.03. The van der Waals surface area contributed by atoms with Crippen molar-refractivity contribution in [2.24, 2.45) is 11.3 Å². The van der Waals surface area contributed by atoms with Crippen LogP contribution >= 0.6 is 0 Å². The fourth-order valence-corrected chi connectivity index (χ4v) is 3.57. The minimum Gasteiger partial charge on any atom is -0.379 e. The molecule has 2 aliphatic heterocycles. The SMILES string of the molecule is CCC(=O)Nc1ccc(NC(=O)N2CC(C)(C)[C@@H]3COC[C@@H]32)cc1. The molecule has 1 aromatic rings. The van der Waals surface area contributed by atoms with Crippen LogP contribution in [0.15, 0.2) is 24.3 Å². The maximum Gasteiger partial charge on any atom is 0.322 e. The van der Waals surface area contributed by atoms with Gasteiger partial charge in [0.2, 0.25) is 5.91 Å². The number of hydrogen-bond donors (Lipinski definition) is 2. The molecule has 24 heavy (non-hydrogen) atoms. The third kappa shape index (κ3) is 3.24. The molecular weight excluding hydrogens is 306 g/mol. The largest absolute Gasteiger partial charge is 0.379 e. The van der Waals surface area contributed by atoms with E-state index >= 15 is 0 Å². The number of urea groups is 1. The van der Waals surface area contributed by atoms with Crippen LogP contribution < -0.4 is 10.6 Å². The highest BCUT2D eigenvalue weighted by molar-refractivity contribution is 5.92. The number of nitrogens with one attached hydrogen (secondary N) is 2. The van der Waals surface area contributed by atoms with Crippen LogP contribution in [-0.4, -0.2) is 42.6 Å². The van der Waals surface area contributed by atoms with Gasteiger partial charge in [-0.05, 0) is 29.7 Å². The lowest BCUT2D eigenvalue weighted by molar-refractivity contribution is -0.115. The van der Waals surface area contributed by atoms with Crippen LogP contribution in [0.4, 0.5) is 16.2 Å². The number of likely N-dealkylation sites (tertiary alicyclic amines) is 1. The maximum atomic E-state index is 12.6. The van der Waals surface area contributed by atoms with Gasteiger partial charge in [-0.25, -0.2) is 4.79 Å². The summed E-state index contributed by atoms with van der Waals surface area (Å²) in [6, 6.07) is 7.24. The number of rotatable bonds is 3. The zero-order valence-corrected chi connectivity index (χ0v) is 14.5. The molecule has 0 unspecified atom stereocenters. The Hall–Kier alpha value is -2.08. The van der Waals surface area contributed by atoms with Crippen LogP contribution in [-0.2, 0) is 9.53 Å². The number of benzene rings is 1. The van der Waals surface area contributed by atoms with E-state index in [0.29, 0.717) is 18.9 Å². The number of nitrogens with zero attached hydrogens (tertiary/aromatic N) is 1. The number of fused-ring (bicyclic) bond motifs is 1. The highest BCUT2D eigenvalue weighted by Gasteiger charge is 2.51. The molecule has 2 N–H and O–H groups in total. The van der Waals surface area contributed by atoms with Gasteiger partial charge in [-0.3, -0.25) is 4.79 Å². The van der Waals surface area contributed by atoms with Gasteiger partial charge in [-0.15, -0.1) is 0 Å². The van der Waals surface area contributed by atoms with Crippen molar-refractivity contribution in [3.63, 3.8) is 0 Å². The Bertz CT molecular complexity index is 627. The van der Waals surface area contributed by atoms with E-state index in [2.05, 4.69) is 24.5 Å². The number of carbonyl (C=O) groups excluding carboxylic acids is 2. The molecule has 2 atom stereocenters. The van der Waals surface area contributed by atoms with Crippen molar-refractivity contribution in [1.82, 2.24) is 4.90 Å². The zero-order valence-electron chi connectivity index (χ0n) is 14.5. The molecule has 1 aromatic carbocycles. The molecule has 0 bridgehead atoms. The minimum absolute atomic E-state index is 0.0293. The highest BCUT2D eigenvalue weighted by Crippen LogP contribution is 2.43. The monoisotopic (exact) mass is 331 g/mol. The van der Waals surface area contributed by atoms with E-state index in [4.69, 9.17) is 4.74 Å². The number of carbonyl (C=O) groups is 2. The lowest BCUT2D eigenvalue weighted by atomic mass is 9.80. The van der Waals surface area contributed by atoms with Crippen LogP contribution in [0.2, 0.25) is 0 Å². The van der Waals surface area contributed by atoms with Gasteiger partial charge in [-0.2, -0.15) is 0 Å². The molecule has 0 radical (unpaired) electrons. The first-order valence-corrected chi connectivity index (χ1v) is 8.46. The predicted octanol–water partition coefficient (Wildman–Crippen LogP) is 2.92. The summed E-state index contributed by atoms with van der Waals surface area (Å²) in [5.74, 6) is 0.369. The summed E-state index contributed by atoms with van der Waals surface area (Å²) in [5, 5.41) is 5.74. The van der Waals surface area contributed by atoms with Crippen molar-refractivity contribution in [3.8, 4) is 0 Å². The topological polar surface area (TPSA) is 70.7 Å². The van der Waals surface area contributed by atoms with Gasteiger partial charge in [0.15, 0.2) is 0 Å². The Kier molecular flexibility index (Phi) is 4.49. The summed E-state index contributed by atoms with van der Waals surface area (Å²) in [5.41, 5.74) is 1.52. The Balaban J connectivity index is 1.64. The van der Waals surface area contributed by atoms with Gasteiger partial charge in [0.05, 0.1) is 19.3 Å². The van der Waals surface area contributed by atoms with Gasteiger partial charge >= 0.3 is 6.03 Å². The molecule has 0 aliphatic carbocycles. The molecular formula is C18H25N3O3. The number of hydrogen-bond acceptors (Lipinski definition) is 3. The van der Waals surface area contributed by atoms with Gasteiger partial charge in [0.25, 0.3) is 0 Å². The first kappa shape index (κ1) is 16.8. The molecule has 0 saturated carbocycles. The Morgan fingerprint density at radius 2 is 1.79 bits per heavy atom. The Morgan fingerprint density at radius 3 is 2.42 bits per heavy atom. The smallest absolute Gasteiger partial charge is 0.322 e. The van der Waals surface area contributed by atoms with Crippen molar-refractivity contribution < 1.29 is 14.3 Å². The predicted molar refractivity (Wildman–Crippen MR) is 93.0 cm³/mol. The van der Waals surface area contributed by atoms with Crippen LogP contribution in [0.5, 0.6) is 0 Å². The second-order valence-corrected chi connectivity index (χ2v) is 7.24. The summed E-state index contributed by atoms with van der Waals surface area (Å²) in [6.07, 6.45) is 0.438. The van der Waals surface area contributed by atoms with Gasteiger partial charge in [0, 0.05) is 30.3 Å². The zero-order chi connectivity index (χ0) is 17.3. The molecule has 2 heterocycles. The summed E-state index contributed by atoms with van der Waals surface area (Å²) in [4.78, 5) is 25.9. The number of amides is 3. The fraction of sp³-hybridized carbons (Fsp3) is 0.556. The molecule has 0 spiro atoms. The average molecular weight is 331 g/mol. The molecule has 2 saturated heterocycles.